The first kappa shape index (κ1) is 74.6. The summed E-state index contributed by atoms with van der Waals surface area (Å²) in [6.07, 6.45) is 2.96. The molecule has 6 aromatic carbocycles. The largest absolute Gasteiger partial charge is 1.00 e. The van der Waals surface area contributed by atoms with Crippen molar-refractivity contribution in [2.45, 2.75) is 62.2 Å². The Morgan fingerprint density at radius 3 is 1.14 bits per heavy atom. The molecule has 0 fully saturated rings. The quantitative estimate of drug-likeness (QED) is 0.0244. The maximum atomic E-state index is 12.6. The summed E-state index contributed by atoms with van der Waals surface area (Å²) >= 11 is 4.57. The van der Waals surface area contributed by atoms with Crippen molar-refractivity contribution in [2.24, 2.45) is 5.14 Å². The number of nitrogens with two attached hydrogens (primary N) is 1. The number of nitrogens with one attached hydrogen (secondary N) is 1. The molecule has 6 rings (SSSR count). The van der Waals surface area contributed by atoms with E-state index in [-0.39, 0.29) is 84.3 Å². The molecule has 1 radical (unpaired) electrons. The number of halogens is 3. The number of carbonyl (C=O) groups is 2. The molecule has 0 heterocycles. The summed E-state index contributed by atoms with van der Waals surface area (Å²) in [5.41, 5.74) is 4.29. The average molecular weight is 1400 g/mol. The number of methoxy groups -OCH3 is 2. The number of hydrogen-bond acceptors (Lipinski definition) is 14. The molecular formula is C51H60ClI2LiN2O14S4V. The second kappa shape index (κ2) is 35.2. The van der Waals surface area contributed by atoms with Crippen molar-refractivity contribution >= 4 is 107 Å². The Hall–Kier alpha value is -3.49. The Labute approximate surface area is 504 Å². The molecule has 0 aromatic heterocycles. The Morgan fingerprint density at radius 2 is 0.882 bits per heavy atom. The van der Waals surface area contributed by atoms with Gasteiger partial charge in [-0.3, -0.25) is 14.0 Å². The SMILES string of the molecule is C.CCC(C)I.COc1ccc(Oc2ccc(C(=O)c3ccc(C)cc3)cc2)cc1S(=O)(=O)Cl.COc1ccc(Oc2ccc(C(=O)c3ccc(C)cc3)cc2)cc1S(=O)(=O)NS(C)(=O)=O.CS(N)(=O)=O.C[CH-]I.[Li+].[V]. The van der Waals surface area contributed by atoms with E-state index in [4.69, 9.17) is 29.6 Å². The van der Waals surface area contributed by atoms with Crippen molar-refractivity contribution in [3.05, 3.63) is 171 Å². The summed E-state index contributed by atoms with van der Waals surface area (Å²) < 4.78 is 116. The number of sulfonamides is 3. The van der Waals surface area contributed by atoms with Crippen LogP contribution in [0.5, 0.6) is 34.5 Å². The van der Waals surface area contributed by atoms with Crippen molar-refractivity contribution in [2.75, 3.05) is 26.7 Å². The van der Waals surface area contributed by atoms with Gasteiger partial charge in [-0.15, -0.1) is 4.13 Å². The summed E-state index contributed by atoms with van der Waals surface area (Å²) in [6.45, 7) is 10.3. The predicted octanol–water partition coefficient (Wildman–Crippen LogP) is 8.58. The molecule has 0 aliphatic heterocycles. The van der Waals surface area contributed by atoms with Gasteiger partial charge in [-0.1, -0.05) is 104 Å². The smallest absolute Gasteiger partial charge is 0.495 e. The molecule has 0 amide bonds. The van der Waals surface area contributed by atoms with Crippen LogP contribution in [0, 0.1) is 18.3 Å². The number of primary sulfonamides is 1. The van der Waals surface area contributed by atoms with E-state index < -0.39 is 44.0 Å². The molecule has 1 atom stereocenters. The Morgan fingerprint density at radius 1 is 0.618 bits per heavy atom. The first-order chi connectivity index (χ1) is 33.9. The fraction of sp³-hybridized carbons (Fsp3) is 0.235. The third-order valence-corrected chi connectivity index (χ3v) is 14.2. The molecule has 409 valence electrons. The molecule has 0 aliphatic carbocycles. The van der Waals surface area contributed by atoms with Crippen molar-refractivity contribution in [1.82, 2.24) is 4.13 Å². The summed E-state index contributed by atoms with van der Waals surface area (Å²) in [5.74, 6) is 1.06. The van der Waals surface area contributed by atoms with Crippen LogP contribution in [-0.2, 0) is 57.7 Å². The van der Waals surface area contributed by atoms with E-state index in [0.717, 1.165) is 33.6 Å². The van der Waals surface area contributed by atoms with Gasteiger partial charge in [-0.2, -0.15) is 6.92 Å². The van der Waals surface area contributed by atoms with Gasteiger partial charge in [0.05, 0.1) is 26.7 Å². The van der Waals surface area contributed by atoms with Gasteiger partial charge in [0.15, 0.2) is 11.6 Å². The van der Waals surface area contributed by atoms with Crippen LogP contribution in [-0.4, -0.2) is 75.9 Å². The van der Waals surface area contributed by atoms with Gasteiger partial charge in [-0.05, 0) is 93.1 Å². The number of hydrogen-bond donors (Lipinski definition) is 2. The average Bonchev–Trinajstić information content (AvgIpc) is 3.31. The molecule has 0 bridgehead atoms. The zero-order chi connectivity index (χ0) is 55.3. The summed E-state index contributed by atoms with van der Waals surface area (Å²) in [6, 6.07) is 35.8. The van der Waals surface area contributed by atoms with E-state index in [2.05, 4.69) is 64.2 Å². The fourth-order valence-corrected chi connectivity index (χ4v) is 9.10. The zero-order valence-corrected chi connectivity index (χ0v) is 52.3. The molecule has 0 saturated carbocycles. The van der Waals surface area contributed by atoms with Crippen LogP contribution in [0.4, 0.5) is 0 Å². The van der Waals surface area contributed by atoms with E-state index in [1.54, 1.807) is 83.0 Å². The van der Waals surface area contributed by atoms with Crippen LogP contribution < -0.4 is 47.1 Å². The van der Waals surface area contributed by atoms with Gasteiger partial charge in [0.25, 0.3) is 19.1 Å². The van der Waals surface area contributed by atoms with Crippen molar-refractivity contribution in [3.8, 4) is 34.5 Å². The Bertz CT molecular complexity index is 3230. The minimum absolute atomic E-state index is 0. The first-order valence-electron chi connectivity index (χ1n) is 21.3. The topological polar surface area (TPSA) is 246 Å². The van der Waals surface area contributed by atoms with E-state index in [1.807, 2.05) is 49.5 Å². The Kier molecular flexibility index (Phi) is 34.5. The minimum Gasteiger partial charge on any atom is -0.495 e. The minimum atomic E-state index is -4.41. The number of aryl methyl sites for hydroxylation is 2. The van der Waals surface area contributed by atoms with Crippen molar-refractivity contribution in [3.63, 3.8) is 0 Å². The molecule has 3 N–H and O–H groups in total. The number of ketones is 2. The molecule has 0 spiro atoms. The molecular weight excluding hydrogens is 1340 g/mol. The Balaban J connectivity index is 0. The van der Waals surface area contributed by atoms with E-state index in [1.165, 1.54) is 44.9 Å². The van der Waals surface area contributed by atoms with Crippen molar-refractivity contribution < 1.29 is 99.6 Å². The first-order valence-corrected chi connectivity index (χ1v) is 31.4. The molecule has 1 unspecified atom stereocenters. The fourth-order valence-electron chi connectivity index (χ4n) is 5.45. The van der Waals surface area contributed by atoms with Gasteiger partial charge >= 0.3 is 18.9 Å². The third kappa shape index (κ3) is 27.9. The summed E-state index contributed by atoms with van der Waals surface area (Å²) in [4.78, 5) is 24.5. The molecule has 0 saturated heterocycles. The van der Waals surface area contributed by atoms with Gasteiger partial charge < -0.3 is 41.5 Å². The maximum absolute atomic E-state index is 12.6. The van der Waals surface area contributed by atoms with Crippen LogP contribution in [0.15, 0.2) is 143 Å². The van der Waals surface area contributed by atoms with Gasteiger partial charge in [0, 0.05) is 67.5 Å². The van der Waals surface area contributed by atoms with E-state index in [0.29, 0.717) is 33.8 Å². The van der Waals surface area contributed by atoms with Gasteiger partial charge in [0.2, 0.25) is 20.0 Å². The molecule has 0 aliphatic rings. The van der Waals surface area contributed by atoms with Crippen LogP contribution in [0.25, 0.3) is 0 Å². The van der Waals surface area contributed by atoms with Crippen LogP contribution >= 0.6 is 55.9 Å². The third-order valence-electron chi connectivity index (χ3n) is 8.98. The number of ether oxygens (including phenoxy) is 4. The number of carbonyl (C=O) groups excluding carboxylic acids is 2. The standard InChI is InChI=1S/C22H21NO7S2.C21H17ClO5S.C4H9I.C2H4I.CH5NO2S.CH4.Li.V/c1-15-4-6-16(7-5-15)22(24)17-8-10-18(11-9-17)30-19-12-13-20(29-2)21(14-19)32(27,28)23-31(3,25)26;1-14-3-5-15(6-4-14)21(23)16-7-9-17(10-8-16)27-18-11-12-19(26-2)20(13-18)28(22,24)25;1-3-4(2)5;1-2-3;1-5(2,3)4;;;/h4-14,23H,1-3H3;3-13H,1-2H3;4H,3H2,1-2H3;2H,1H3;1H3,(H2,2,3,4);1H4;;/q;;;-1;;;+1;. The number of benzene rings is 6. The molecule has 6 aromatic rings. The maximum Gasteiger partial charge on any atom is 1.00 e. The van der Waals surface area contributed by atoms with Crippen LogP contribution in [0.2, 0.25) is 0 Å². The second-order valence-electron chi connectivity index (χ2n) is 15.3. The zero-order valence-electron chi connectivity index (χ0n) is 42.6. The molecule has 25 heteroatoms. The van der Waals surface area contributed by atoms with Crippen LogP contribution in [0.3, 0.4) is 0 Å². The van der Waals surface area contributed by atoms with E-state index >= 15 is 0 Å². The van der Waals surface area contributed by atoms with Gasteiger partial charge in [0.1, 0.15) is 44.3 Å². The molecule has 76 heavy (non-hydrogen) atoms. The summed E-state index contributed by atoms with van der Waals surface area (Å²) in [5, 5.41) is 4.33. The normalized spacial score (nSPS) is 11.0. The van der Waals surface area contributed by atoms with Crippen LogP contribution in [0.1, 0.15) is 77.6 Å². The monoisotopic (exact) mass is 1400 g/mol. The van der Waals surface area contributed by atoms with E-state index in [9.17, 15) is 43.3 Å². The second-order valence-corrected chi connectivity index (χ2v) is 26.5. The van der Waals surface area contributed by atoms with Crippen molar-refractivity contribution in [1.29, 1.82) is 0 Å². The predicted molar refractivity (Wildman–Crippen MR) is 310 cm³/mol. The summed E-state index contributed by atoms with van der Waals surface area (Å²) in [7, 11) is -7.55. The number of rotatable bonds is 15. The number of alkyl halides is 1. The van der Waals surface area contributed by atoms with Gasteiger partial charge in [-0.25, -0.2) is 38.8 Å². The molecule has 16 nitrogen and oxygen atoms in total.